The SMILES string of the molecule is CC1(C)CC/C=C\[C@]2(CO)CC[C@H]2CN2C[C@@]3(CCCc4cc(Cl)ccc43)COc3ccc(cc32)C(=O)NS1(=O)=O. The van der Waals surface area contributed by atoms with Gasteiger partial charge in [-0.05, 0) is 106 Å². The van der Waals surface area contributed by atoms with E-state index in [1.807, 2.05) is 12.1 Å². The highest BCUT2D eigenvalue weighted by Crippen LogP contribution is 2.51. The standard InChI is InChI=1S/C32H39ClN2O5S/c1-30(2)12-3-4-13-31(20-36)15-11-24(31)18-35-19-32(14-5-6-22-16-25(33)8-9-26(22)32)21-40-28-10-7-23(17-27(28)35)29(37)34-41(30,38)39/h4,7-10,13,16-17,24,36H,3,5-6,11-12,14-15,18-21H2,1-2H3,(H,34,37)/b13-4-/t24-,31+,32-/m0/s1. The van der Waals surface area contributed by atoms with Gasteiger partial charge < -0.3 is 14.7 Å². The molecule has 1 spiro atoms. The van der Waals surface area contributed by atoms with Crippen molar-refractivity contribution < 1.29 is 23.1 Å². The molecule has 1 amide bonds. The van der Waals surface area contributed by atoms with Crippen molar-refractivity contribution in [3.05, 3.63) is 70.3 Å². The Labute approximate surface area is 248 Å². The summed E-state index contributed by atoms with van der Waals surface area (Å²) < 4.78 is 34.3. The van der Waals surface area contributed by atoms with Crippen LogP contribution in [-0.4, -0.2) is 50.5 Å². The van der Waals surface area contributed by atoms with Gasteiger partial charge in [-0.2, -0.15) is 0 Å². The molecule has 9 heteroatoms. The summed E-state index contributed by atoms with van der Waals surface area (Å²) in [6, 6.07) is 11.4. The van der Waals surface area contributed by atoms with E-state index in [0.29, 0.717) is 38.3 Å². The van der Waals surface area contributed by atoms with Crippen molar-refractivity contribution >= 4 is 33.2 Å². The molecular formula is C32H39ClN2O5S. The molecule has 2 aromatic carbocycles. The van der Waals surface area contributed by atoms with E-state index in [1.54, 1.807) is 32.0 Å². The van der Waals surface area contributed by atoms with Crippen molar-refractivity contribution in [3.63, 3.8) is 0 Å². The fraction of sp³-hybridized carbons (Fsp3) is 0.531. The van der Waals surface area contributed by atoms with Crippen molar-refractivity contribution in [3.8, 4) is 5.75 Å². The third-order valence-corrected chi connectivity index (χ3v) is 12.5. The number of halogens is 1. The van der Waals surface area contributed by atoms with Crippen molar-refractivity contribution in [1.29, 1.82) is 0 Å². The molecule has 6 rings (SSSR count). The van der Waals surface area contributed by atoms with Crippen LogP contribution in [0.5, 0.6) is 5.75 Å². The number of carbonyl (C=O) groups excluding carboxylic acids is 1. The number of anilines is 1. The van der Waals surface area contributed by atoms with E-state index in [9.17, 15) is 18.3 Å². The number of nitrogens with one attached hydrogen (secondary N) is 1. The number of amides is 1. The van der Waals surface area contributed by atoms with Crippen molar-refractivity contribution in [2.45, 2.75) is 69.0 Å². The number of carbonyl (C=O) groups is 1. The molecule has 1 fully saturated rings. The van der Waals surface area contributed by atoms with E-state index in [-0.39, 0.29) is 28.9 Å². The zero-order valence-corrected chi connectivity index (χ0v) is 25.4. The average Bonchev–Trinajstić information content (AvgIpc) is 3.07. The zero-order valence-electron chi connectivity index (χ0n) is 23.8. The summed E-state index contributed by atoms with van der Waals surface area (Å²) in [5.41, 5.74) is 2.94. The van der Waals surface area contributed by atoms with Crippen LogP contribution in [0.25, 0.3) is 0 Å². The summed E-state index contributed by atoms with van der Waals surface area (Å²) in [7, 11) is -3.95. The van der Waals surface area contributed by atoms with Gasteiger partial charge in [-0.25, -0.2) is 13.1 Å². The number of benzene rings is 2. The first-order valence-electron chi connectivity index (χ1n) is 14.6. The monoisotopic (exact) mass is 598 g/mol. The third kappa shape index (κ3) is 4.96. The zero-order chi connectivity index (χ0) is 29.0. The largest absolute Gasteiger partial charge is 0.490 e. The number of aryl methyl sites for hydroxylation is 1. The Morgan fingerprint density at radius 3 is 2.73 bits per heavy atom. The molecule has 0 radical (unpaired) electrons. The van der Waals surface area contributed by atoms with Gasteiger partial charge in [0.1, 0.15) is 5.75 Å². The number of aliphatic hydroxyl groups excluding tert-OH is 1. The van der Waals surface area contributed by atoms with E-state index < -0.39 is 20.7 Å². The van der Waals surface area contributed by atoms with Crippen molar-refractivity contribution in [1.82, 2.24) is 4.72 Å². The lowest BCUT2D eigenvalue weighted by Gasteiger charge is -2.50. The number of fused-ring (bicyclic) bond motifs is 4. The van der Waals surface area contributed by atoms with Crippen LogP contribution in [-0.2, 0) is 21.9 Å². The Bertz CT molecular complexity index is 1500. The van der Waals surface area contributed by atoms with Gasteiger partial charge in [0.05, 0.1) is 23.6 Å². The van der Waals surface area contributed by atoms with Gasteiger partial charge >= 0.3 is 0 Å². The second-order valence-electron chi connectivity index (χ2n) is 13.0. The minimum absolute atomic E-state index is 0.0413. The summed E-state index contributed by atoms with van der Waals surface area (Å²) >= 11 is 6.38. The smallest absolute Gasteiger partial charge is 0.264 e. The molecule has 0 aromatic heterocycles. The Kier molecular flexibility index (Phi) is 7.19. The molecular weight excluding hydrogens is 560 g/mol. The first-order chi connectivity index (χ1) is 19.5. The third-order valence-electron chi connectivity index (χ3n) is 10.1. The number of nitrogens with zero attached hydrogens (tertiary/aromatic N) is 1. The van der Waals surface area contributed by atoms with Crippen LogP contribution in [0.2, 0.25) is 5.02 Å². The number of aliphatic hydroxyl groups is 1. The first kappa shape index (κ1) is 28.6. The molecule has 7 nitrogen and oxygen atoms in total. The Balaban J connectivity index is 1.46. The predicted molar refractivity (Wildman–Crippen MR) is 161 cm³/mol. The quantitative estimate of drug-likeness (QED) is 0.427. The van der Waals surface area contributed by atoms with Gasteiger partial charge in [-0.3, -0.25) is 4.79 Å². The predicted octanol–water partition coefficient (Wildman–Crippen LogP) is 5.39. The van der Waals surface area contributed by atoms with Crippen LogP contribution in [0.1, 0.15) is 73.9 Å². The number of ether oxygens (including phenoxy) is 1. The summed E-state index contributed by atoms with van der Waals surface area (Å²) in [4.78, 5) is 15.7. The lowest BCUT2D eigenvalue weighted by molar-refractivity contribution is 0.0213. The number of hydrogen-bond acceptors (Lipinski definition) is 6. The maximum atomic E-state index is 13.3. The summed E-state index contributed by atoms with van der Waals surface area (Å²) in [6.07, 6.45) is 9.84. The van der Waals surface area contributed by atoms with Gasteiger partial charge in [-0.1, -0.05) is 29.8 Å². The van der Waals surface area contributed by atoms with Crippen LogP contribution in [0.4, 0.5) is 5.69 Å². The number of allylic oxidation sites excluding steroid dienone is 1. The molecule has 0 unspecified atom stereocenters. The molecule has 3 atom stereocenters. The number of hydrogen-bond donors (Lipinski definition) is 2. The molecule has 2 aromatic rings. The van der Waals surface area contributed by atoms with Crippen LogP contribution in [0, 0.1) is 11.3 Å². The Morgan fingerprint density at radius 2 is 1.98 bits per heavy atom. The molecule has 4 aliphatic rings. The lowest BCUT2D eigenvalue weighted by atomic mass is 9.59. The van der Waals surface area contributed by atoms with Crippen LogP contribution >= 0.6 is 11.6 Å². The Morgan fingerprint density at radius 1 is 1.15 bits per heavy atom. The fourth-order valence-electron chi connectivity index (χ4n) is 7.20. The lowest BCUT2D eigenvalue weighted by Crippen LogP contribution is -2.51. The molecule has 2 bridgehead atoms. The first-order valence-corrected chi connectivity index (χ1v) is 16.5. The Hall–Kier alpha value is -2.55. The molecule has 1 saturated carbocycles. The highest BCUT2D eigenvalue weighted by Gasteiger charge is 2.48. The highest BCUT2D eigenvalue weighted by atomic mass is 35.5. The molecule has 2 aliphatic carbocycles. The molecule has 2 aliphatic heterocycles. The molecule has 2 N–H and O–H groups in total. The normalized spacial score (nSPS) is 31.2. The molecule has 0 saturated heterocycles. The van der Waals surface area contributed by atoms with Crippen molar-refractivity contribution in [2.24, 2.45) is 11.3 Å². The molecule has 41 heavy (non-hydrogen) atoms. The summed E-state index contributed by atoms with van der Waals surface area (Å²) in [5.74, 6) is 0.243. The van der Waals surface area contributed by atoms with E-state index in [2.05, 4.69) is 27.8 Å². The maximum Gasteiger partial charge on any atom is 0.264 e. The fourth-order valence-corrected chi connectivity index (χ4v) is 8.42. The second kappa shape index (κ2) is 10.3. The van der Waals surface area contributed by atoms with E-state index in [1.165, 1.54) is 11.1 Å². The number of rotatable bonds is 1. The molecule has 2 heterocycles. The van der Waals surface area contributed by atoms with Gasteiger partial charge in [0.2, 0.25) is 10.0 Å². The van der Waals surface area contributed by atoms with Crippen LogP contribution < -0.4 is 14.4 Å². The van der Waals surface area contributed by atoms with Gasteiger partial charge in [0, 0.05) is 34.5 Å². The summed E-state index contributed by atoms with van der Waals surface area (Å²) in [6.45, 7) is 5.20. The second-order valence-corrected chi connectivity index (χ2v) is 15.8. The van der Waals surface area contributed by atoms with Gasteiger partial charge in [0.15, 0.2) is 0 Å². The van der Waals surface area contributed by atoms with Crippen molar-refractivity contribution in [2.75, 3.05) is 31.2 Å². The highest BCUT2D eigenvalue weighted by molar-refractivity contribution is 7.91. The maximum absolute atomic E-state index is 13.3. The van der Waals surface area contributed by atoms with Crippen LogP contribution in [0.15, 0.2) is 48.6 Å². The molecule has 220 valence electrons. The topological polar surface area (TPSA) is 95.9 Å². The summed E-state index contributed by atoms with van der Waals surface area (Å²) in [5, 5.41) is 11.3. The van der Waals surface area contributed by atoms with E-state index in [4.69, 9.17) is 16.3 Å². The minimum atomic E-state index is -3.95. The minimum Gasteiger partial charge on any atom is -0.490 e. The van der Waals surface area contributed by atoms with E-state index in [0.717, 1.165) is 42.8 Å². The average molecular weight is 599 g/mol. The van der Waals surface area contributed by atoms with Gasteiger partial charge in [0.25, 0.3) is 5.91 Å². The van der Waals surface area contributed by atoms with Crippen LogP contribution in [0.3, 0.4) is 0 Å². The van der Waals surface area contributed by atoms with Gasteiger partial charge in [-0.15, -0.1) is 0 Å². The van der Waals surface area contributed by atoms with E-state index >= 15 is 0 Å². The number of sulfonamides is 1.